The average Bonchev–Trinajstić information content (AvgIpc) is 3.00. The van der Waals surface area contributed by atoms with E-state index in [1.54, 1.807) is 12.1 Å². The smallest absolute Gasteiger partial charge is 0.315 e. The van der Waals surface area contributed by atoms with Crippen molar-refractivity contribution in [2.75, 3.05) is 13.1 Å². The normalized spacial score (nSPS) is 16.4. The molecule has 2 rings (SSSR count). The molecule has 2 amide bonds. The van der Waals surface area contributed by atoms with Gasteiger partial charge < -0.3 is 21.1 Å². The van der Waals surface area contributed by atoms with Gasteiger partial charge in [-0.15, -0.1) is 0 Å². The Morgan fingerprint density at radius 1 is 1.36 bits per heavy atom. The van der Waals surface area contributed by atoms with Gasteiger partial charge in [-0.1, -0.05) is 29.3 Å². The Bertz CT molecular complexity index is 494. The molecule has 1 atom stereocenters. The first-order valence-corrected chi connectivity index (χ1v) is 7.59. The highest BCUT2D eigenvalue weighted by Crippen LogP contribution is 2.22. The van der Waals surface area contributed by atoms with Crippen LogP contribution in [-0.4, -0.2) is 36.7 Å². The third-order valence-corrected chi connectivity index (χ3v) is 3.85. The third-order valence-electron chi connectivity index (χ3n) is 3.11. The van der Waals surface area contributed by atoms with Crippen molar-refractivity contribution in [3.63, 3.8) is 0 Å². The maximum absolute atomic E-state index is 11.6. The maximum Gasteiger partial charge on any atom is 0.315 e. The molecule has 1 saturated heterocycles. The number of hydrogen-bond donors (Lipinski definition) is 4. The first kappa shape index (κ1) is 18.5. The first-order chi connectivity index (χ1) is 10.6. The molecule has 1 aliphatic rings. The number of urea groups is 1. The van der Waals surface area contributed by atoms with Gasteiger partial charge in [0.25, 0.3) is 6.47 Å². The molecule has 122 valence electrons. The molecule has 22 heavy (non-hydrogen) atoms. The molecule has 0 unspecified atom stereocenters. The molecule has 1 aromatic rings. The molecular weight excluding hydrogens is 329 g/mol. The number of rotatable bonds is 4. The van der Waals surface area contributed by atoms with E-state index in [0.717, 1.165) is 18.5 Å². The van der Waals surface area contributed by atoms with E-state index in [-0.39, 0.29) is 12.5 Å². The predicted molar refractivity (Wildman–Crippen MR) is 86.4 cm³/mol. The Hall–Kier alpha value is -1.50. The lowest BCUT2D eigenvalue weighted by atomic mass is 10.2. The van der Waals surface area contributed by atoms with Gasteiger partial charge in [-0.3, -0.25) is 4.79 Å². The number of carbonyl (C=O) groups excluding carboxylic acids is 1. The van der Waals surface area contributed by atoms with Gasteiger partial charge in [-0.25, -0.2) is 4.79 Å². The zero-order chi connectivity index (χ0) is 16.4. The summed E-state index contributed by atoms with van der Waals surface area (Å²) in [6.45, 7) is 1.88. The van der Waals surface area contributed by atoms with E-state index < -0.39 is 0 Å². The summed E-state index contributed by atoms with van der Waals surface area (Å²) in [5, 5.41) is 16.9. The van der Waals surface area contributed by atoms with Gasteiger partial charge in [-0.05, 0) is 37.1 Å². The lowest BCUT2D eigenvalue weighted by Gasteiger charge is -2.12. The van der Waals surface area contributed by atoms with Crippen LogP contribution in [0.1, 0.15) is 18.4 Å². The standard InChI is InChI=1S/C13H17Cl2N3O.CH2O2/c14-11-4-3-9(6-12(11)15)7-17-13(19)18-8-10-2-1-5-16-10;2-1-3/h3-4,6,10,16H,1-2,5,7-8H2,(H2,17,18,19);1H,(H,2,3)/t10-;/m0./s1. The molecule has 1 heterocycles. The number of nitrogens with one attached hydrogen (secondary N) is 3. The van der Waals surface area contributed by atoms with Gasteiger partial charge in [0.15, 0.2) is 0 Å². The summed E-state index contributed by atoms with van der Waals surface area (Å²) in [6.07, 6.45) is 2.30. The number of benzene rings is 1. The van der Waals surface area contributed by atoms with Crippen molar-refractivity contribution in [2.24, 2.45) is 0 Å². The molecule has 0 aliphatic carbocycles. The van der Waals surface area contributed by atoms with E-state index in [1.807, 2.05) is 6.07 Å². The van der Waals surface area contributed by atoms with Crippen molar-refractivity contribution < 1.29 is 14.7 Å². The topological polar surface area (TPSA) is 90.5 Å². The zero-order valence-corrected chi connectivity index (χ0v) is 13.5. The Kier molecular flexibility index (Phi) is 8.65. The van der Waals surface area contributed by atoms with Crippen LogP contribution in [0.15, 0.2) is 18.2 Å². The number of halogens is 2. The Balaban J connectivity index is 0.000000745. The van der Waals surface area contributed by atoms with Gasteiger partial charge in [0.2, 0.25) is 0 Å². The second-order valence-corrected chi connectivity index (χ2v) is 5.53. The molecule has 0 saturated carbocycles. The average molecular weight is 348 g/mol. The van der Waals surface area contributed by atoms with Gasteiger partial charge >= 0.3 is 6.03 Å². The Morgan fingerprint density at radius 2 is 2.09 bits per heavy atom. The van der Waals surface area contributed by atoms with Crippen molar-refractivity contribution in [3.8, 4) is 0 Å². The summed E-state index contributed by atoms with van der Waals surface area (Å²) in [5.74, 6) is 0. The van der Waals surface area contributed by atoms with Crippen molar-refractivity contribution in [3.05, 3.63) is 33.8 Å². The summed E-state index contributed by atoms with van der Waals surface area (Å²) in [7, 11) is 0. The third kappa shape index (κ3) is 6.98. The molecule has 4 N–H and O–H groups in total. The second kappa shape index (κ2) is 10.3. The highest BCUT2D eigenvalue weighted by Gasteiger charge is 2.14. The molecule has 8 heteroatoms. The second-order valence-electron chi connectivity index (χ2n) is 4.71. The lowest BCUT2D eigenvalue weighted by molar-refractivity contribution is -0.122. The molecule has 0 spiro atoms. The molecule has 0 bridgehead atoms. The summed E-state index contributed by atoms with van der Waals surface area (Å²) < 4.78 is 0. The number of amides is 2. The molecule has 0 aromatic heterocycles. The molecule has 0 radical (unpaired) electrons. The minimum atomic E-state index is -0.250. The Labute approximate surface area is 139 Å². The van der Waals surface area contributed by atoms with E-state index in [2.05, 4.69) is 16.0 Å². The largest absolute Gasteiger partial charge is 0.483 e. The van der Waals surface area contributed by atoms with Crippen LogP contribution in [0.2, 0.25) is 10.0 Å². The highest BCUT2D eigenvalue weighted by atomic mass is 35.5. The van der Waals surface area contributed by atoms with E-state index in [4.69, 9.17) is 33.1 Å². The van der Waals surface area contributed by atoms with Crippen molar-refractivity contribution in [2.45, 2.75) is 25.4 Å². The summed E-state index contributed by atoms with van der Waals surface area (Å²) >= 11 is 11.7. The van der Waals surface area contributed by atoms with Crippen LogP contribution in [-0.2, 0) is 11.3 Å². The van der Waals surface area contributed by atoms with Crippen LogP contribution < -0.4 is 16.0 Å². The van der Waals surface area contributed by atoms with Crippen LogP contribution >= 0.6 is 23.2 Å². The molecule has 1 aliphatic heterocycles. The first-order valence-electron chi connectivity index (χ1n) is 6.83. The monoisotopic (exact) mass is 347 g/mol. The van der Waals surface area contributed by atoms with Crippen LogP contribution in [0.5, 0.6) is 0 Å². The quantitative estimate of drug-likeness (QED) is 0.628. The fourth-order valence-corrected chi connectivity index (χ4v) is 2.36. The van der Waals surface area contributed by atoms with E-state index >= 15 is 0 Å². The Morgan fingerprint density at radius 3 is 2.68 bits per heavy atom. The van der Waals surface area contributed by atoms with Crippen molar-refractivity contribution in [1.29, 1.82) is 0 Å². The minimum Gasteiger partial charge on any atom is -0.483 e. The highest BCUT2D eigenvalue weighted by molar-refractivity contribution is 6.42. The zero-order valence-electron chi connectivity index (χ0n) is 11.9. The molecular formula is C14H19Cl2N3O3. The number of carbonyl (C=O) groups is 2. The van der Waals surface area contributed by atoms with Crippen LogP contribution in [0.25, 0.3) is 0 Å². The molecule has 1 fully saturated rings. The predicted octanol–water partition coefficient (Wildman–Crippen LogP) is 2.25. The van der Waals surface area contributed by atoms with Crippen molar-refractivity contribution >= 4 is 35.7 Å². The van der Waals surface area contributed by atoms with Gasteiger partial charge in [0.1, 0.15) is 0 Å². The van der Waals surface area contributed by atoms with Crippen LogP contribution in [0.3, 0.4) is 0 Å². The summed E-state index contributed by atoms with van der Waals surface area (Å²) in [5.41, 5.74) is 0.920. The van der Waals surface area contributed by atoms with Gasteiger partial charge in [0, 0.05) is 19.1 Å². The fourth-order valence-electron chi connectivity index (χ4n) is 2.04. The van der Waals surface area contributed by atoms with E-state index in [1.165, 1.54) is 6.42 Å². The van der Waals surface area contributed by atoms with Gasteiger partial charge in [-0.2, -0.15) is 0 Å². The molecule has 1 aromatic carbocycles. The lowest BCUT2D eigenvalue weighted by Crippen LogP contribution is -2.42. The minimum absolute atomic E-state index is 0.167. The number of hydrogen-bond acceptors (Lipinski definition) is 3. The summed E-state index contributed by atoms with van der Waals surface area (Å²) in [6, 6.07) is 5.55. The fraction of sp³-hybridized carbons (Fsp3) is 0.429. The van der Waals surface area contributed by atoms with Crippen molar-refractivity contribution in [1.82, 2.24) is 16.0 Å². The maximum atomic E-state index is 11.6. The SMILES string of the molecule is O=C(NCc1ccc(Cl)c(Cl)c1)NC[C@@H]1CCCN1.O=CO. The summed E-state index contributed by atoms with van der Waals surface area (Å²) in [4.78, 5) is 20.0. The van der Waals surface area contributed by atoms with Crippen LogP contribution in [0, 0.1) is 0 Å². The van der Waals surface area contributed by atoms with Gasteiger partial charge in [0.05, 0.1) is 10.0 Å². The van der Waals surface area contributed by atoms with E-state index in [0.29, 0.717) is 29.2 Å². The molecule has 6 nitrogen and oxygen atoms in total. The van der Waals surface area contributed by atoms with E-state index in [9.17, 15) is 4.79 Å². The number of carboxylic acid groups (broad SMARTS) is 1. The van der Waals surface area contributed by atoms with Crippen LogP contribution in [0.4, 0.5) is 4.79 Å².